The molecule has 1 amide bonds. The lowest BCUT2D eigenvalue weighted by Gasteiger charge is -2.17. The highest BCUT2D eigenvalue weighted by atomic mass is 19.4. The molecule has 8 heteroatoms. The van der Waals surface area contributed by atoms with E-state index in [-0.39, 0.29) is 11.7 Å². The fraction of sp³-hybridized carbons (Fsp3) is 0.500. The van der Waals surface area contributed by atoms with Crippen molar-refractivity contribution in [1.29, 1.82) is 0 Å². The molecule has 0 radical (unpaired) electrons. The van der Waals surface area contributed by atoms with E-state index in [2.05, 4.69) is 37.9 Å². The molecule has 2 aromatic rings. The van der Waals surface area contributed by atoms with Crippen LogP contribution in [0, 0.1) is 11.7 Å². The SMILES string of the molecule is CC(=O)C(F)(F)F.CC(C)Cc1ccc(CC(=O)N(C)Cc2ccc(F)cc2)cc1.CN1CCCC1. The maximum atomic E-state index is 12.9. The summed E-state index contributed by atoms with van der Waals surface area (Å²) in [6.07, 6.45) is -0.370. The highest BCUT2D eigenvalue weighted by molar-refractivity contribution is 5.81. The lowest BCUT2D eigenvalue weighted by Crippen LogP contribution is -2.27. The van der Waals surface area contributed by atoms with Gasteiger partial charge < -0.3 is 9.80 Å². The van der Waals surface area contributed by atoms with E-state index >= 15 is 0 Å². The number of benzene rings is 2. The summed E-state index contributed by atoms with van der Waals surface area (Å²) in [5, 5.41) is 0. The Kier molecular flexibility index (Phi) is 13.4. The molecular formula is C28H38F4N2O2. The number of ketones is 1. The van der Waals surface area contributed by atoms with Gasteiger partial charge in [0.1, 0.15) is 5.82 Å². The summed E-state index contributed by atoms with van der Waals surface area (Å²) in [5.74, 6) is -1.33. The Labute approximate surface area is 212 Å². The second-order valence-electron chi connectivity index (χ2n) is 9.53. The van der Waals surface area contributed by atoms with Gasteiger partial charge in [0.15, 0.2) is 0 Å². The van der Waals surface area contributed by atoms with Crippen LogP contribution >= 0.6 is 0 Å². The van der Waals surface area contributed by atoms with Gasteiger partial charge in [0.2, 0.25) is 11.7 Å². The Morgan fingerprint density at radius 3 is 1.75 bits per heavy atom. The van der Waals surface area contributed by atoms with Crippen molar-refractivity contribution in [2.75, 3.05) is 27.2 Å². The van der Waals surface area contributed by atoms with E-state index in [0.29, 0.717) is 25.8 Å². The minimum atomic E-state index is -4.64. The molecule has 1 aliphatic rings. The van der Waals surface area contributed by atoms with Gasteiger partial charge in [-0.3, -0.25) is 9.59 Å². The lowest BCUT2D eigenvalue weighted by molar-refractivity contribution is -0.168. The minimum absolute atomic E-state index is 0.0611. The molecule has 1 aliphatic heterocycles. The van der Waals surface area contributed by atoms with Gasteiger partial charge in [0.25, 0.3) is 0 Å². The van der Waals surface area contributed by atoms with Crippen LogP contribution in [0.15, 0.2) is 48.5 Å². The lowest BCUT2D eigenvalue weighted by atomic mass is 10.0. The monoisotopic (exact) mass is 510 g/mol. The maximum Gasteiger partial charge on any atom is 0.449 e. The third-order valence-electron chi connectivity index (χ3n) is 5.51. The first kappa shape index (κ1) is 31.3. The van der Waals surface area contributed by atoms with Crippen LogP contribution in [0.5, 0.6) is 0 Å². The minimum Gasteiger partial charge on any atom is -0.341 e. The molecule has 0 aliphatic carbocycles. The van der Waals surface area contributed by atoms with Crippen LogP contribution in [-0.4, -0.2) is 54.9 Å². The van der Waals surface area contributed by atoms with Gasteiger partial charge in [-0.05, 0) is 74.1 Å². The zero-order valence-corrected chi connectivity index (χ0v) is 21.9. The summed E-state index contributed by atoms with van der Waals surface area (Å²) in [4.78, 5) is 25.7. The van der Waals surface area contributed by atoms with Crippen molar-refractivity contribution in [3.63, 3.8) is 0 Å². The molecule has 0 bridgehead atoms. The van der Waals surface area contributed by atoms with Crippen LogP contribution in [0.3, 0.4) is 0 Å². The van der Waals surface area contributed by atoms with Gasteiger partial charge in [0, 0.05) is 20.5 Å². The number of carbonyl (C=O) groups is 2. The molecule has 1 heterocycles. The number of amides is 1. The molecule has 2 aromatic carbocycles. The Balaban J connectivity index is 0.000000406. The average Bonchev–Trinajstić information content (AvgIpc) is 3.27. The molecule has 1 saturated heterocycles. The molecule has 0 atom stereocenters. The van der Waals surface area contributed by atoms with Crippen LogP contribution in [0.25, 0.3) is 0 Å². The first-order valence-electron chi connectivity index (χ1n) is 12.1. The zero-order chi connectivity index (χ0) is 27.3. The highest BCUT2D eigenvalue weighted by Crippen LogP contribution is 2.14. The smallest absolute Gasteiger partial charge is 0.341 e. The van der Waals surface area contributed by atoms with Gasteiger partial charge >= 0.3 is 6.18 Å². The second-order valence-corrected chi connectivity index (χ2v) is 9.53. The summed E-state index contributed by atoms with van der Waals surface area (Å²) < 4.78 is 45.4. The molecule has 36 heavy (non-hydrogen) atoms. The number of carbonyl (C=O) groups excluding carboxylic acids is 2. The molecule has 0 aromatic heterocycles. The second kappa shape index (κ2) is 15.4. The van der Waals surface area contributed by atoms with E-state index in [4.69, 9.17) is 0 Å². The number of alkyl halides is 3. The van der Waals surface area contributed by atoms with E-state index < -0.39 is 12.0 Å². The highest BCUT2D eigenvalue weighted by Gasteiger charge is 2.33. The van der Waals surface area contributed by atoms with Crippen molar-refractivity contribution >= 4 is 11.7 Å². The van der Waals surface area contributed by atoms with Gasteiger partial charge in [-0.25, -0.2) is 4.39 Å². The first-order chi connectivity index (χ1) is 16.8. The summed E-state index contributed by atoms with van der Waals surface area (Å²) in [7, 11) is 3.95. The third kappa shape index (κ3) is 13.4. The number of nitrogens with zero attached hydrogens (tertiary/aromatic N) is 2. The molecule has 4 nitrogen and oxygen atoms in total. The van der Waals surface area contributed by atoms with E-state index in [1.54, 1.807) is 24.1 Å². The number of likely N-dealkylation sites (N-methyl/N-ethyl adjacent to an activating group) is 1. The van der Waals surface area contributed by atoms with E-state index in [0.717, 1.165) is 17.5 Å². The third-order valence-corrected chi connectivity index (χ3v) is 5.51. The number of halogens is 4. The number of likely N-dealkylation sites (tertiary alicyclic amines) is 1. The average molecular weight is 511 g/mol. The predicted octanol–water partition coefficient (Wildman–Crippen LogP) is 6.08. The van der Waals surface area contributed by atoms with E-state index in [9.17, 15) is 27.2 Å². The molecule has 200 valence electrons. The van der Waals surface area contributed by atoms with E-state index in [1.807, 2.05) is 12.1 Å². The van der Waals surface area contributed by atoms with Gasteiger partial charge in [0.05, 0.1) is 6.42 Å². The molecule has 3 rings (SSSR count). The molecule has 0 unspecified atom stereocenters. The zero-order valence-electron chi connectivity index (χ0n) is 21.9. The molecule has 0 saturated carbocycles. The Hall–Kier alpha value is -2.74. The van der Waals surface area contributed by atoms with Crippen LogP contribution in [0.2, 0.25) is 0 Å². The van der Waals surface area contributed by atoms with Crippen molar-refractivity contribution in [2.45, 2.75) is 59.2 Å². The van der Waals surface area contributed by atoms with Crippen LogP contribution in [0.4, 0.5) is 17.6 Å². The molecule has 0 N–H and O–H groups in total. The van der Waals surface area contributed by atoms with Crippen molar-refractivity contribution in [2.24, 2.45) is 5.92 Å². The van der Waals surface area contributed by atoms with Crippen molar-refractivity contribution in [3.8, 4) is 0 Å². The van der Waals surface area contributed by atoms with Crippen LogP contribution in [-0.2, 0) is 29.0 Å². The fourth-order valence-electron chi connectivity index (χ4n) is 3.40. The first-order valence-corrected chi connectivity index (χ1v) is 12.1. The largest absolute Gasteiger partial charge is 0.449 e. The summed E-state index contributed by atoms with van der Waals surface area (Å²) >= 11 is 0. The fourth-order valence-corrected chi connectivity index (χ4v) is 3.40. The van der Waals surface area contributed by atoms with E-state index in [1.165, 1.54) is 43.6 Å². The maximum absolute atomic E-state index is 12.9. The Bertz CT molecular complexity index is 920. The Morgan fingerprint density at radius 2 is 1.36 bits per heavy atom. The quantitative estimate of drug-likeness (QED) is 0.443. The summed E-state index contributed by atoms with van der Waals surface area (Å²) in [5.41, 5.74) is 3.25. The van der Waals surface area contributed by atoms with Gasteiger partial charge in [-0.2, -0.15) is 13.2 Å². The number of rotatable bonds is 6. The topological polar surface area (TPSA) is 40.6 Å². The van der Waals surface area contributed by atoms with Gasteiger partial charge in [-0.1, -0.05) is 50.2 Å². The standard InChI is InChI=1S/C20H24FNO.C5H11N.C3H3F3O/c1-15(2)12-16-4-6-17(7-5-16)13-20(23)22(3)14-18-8-10-19(21)11-9-18;1-6-4-2-3-5-6;1-2(7)3(4,5)6/h4-11,15H,12-14H2,1-3H3;2-5H2,1H3;1H3. The van der Waals surface area contributed by atoms with Crippen molar-refractivity contribution in [3.05, 3.63) is 71.0 Å². The number of hydrogen-bond donors (Lipinski definition) is 0. The van der Waals surface area contributed by atoms with Crippen LogP contribution < -0.4 is 0 Å². The Morgan fingerprint density at radius 1 is 0.917 bits per heavy atom. The summed E-state index contributed by atoms with van der Waals surface area (Å²) in [6, 6.07) is 14.5. The van der Waals surface area contributed by atoms with Crippen molar-refractivity contribution < 1.29 is 27.2 Å². The predicted molar refractivity (Wildman–Crippen MR) is 135 cm³/mol. The number of hydrogen-bond acceptors (Lipinski definition) is 3. The van der Waals surface area contributed by atoms with Gasteiger partial charge in [-0.15, -0.1) is 0 Å². The summed E-state index contributed by atoms with van der Waals surface area (Å²) in [6.45, 7) is 8.01. The molecular weight excluding hydrogens is 472 g/mol. The van der Waals surface area contributed by atoms with Crippen molar-refractivity contribution in [1.82, 2.24) is 9.80 Å². The number of Topliss-reactive ketones (excluding diaryl/α,β-unsaturated/α-hetero) is 1. The molecule has 1 fully saturated rings. The normalized spacial score (nSPS) is 13.4. The molecule has 0 spiro atoms. The van der Waals surface area contributed by atoms with Crippen LogP contribution in [0.1, 0.15) is 50.3 Å².